The number of thioether (sulfide) groups is 1. The number of ether oxygens (including phenoxy) is 1. The average Bonchev–Trinajstić information content (AvgIpc) is 3.00. The number of aryl methyl sites for hydroxylation is 2. The second-order valence-electron chi connectivity index (χ2n) is 6.45. The van der Waals surface area contributed by atoms with Gasteiger partial charge in [0.2, 0.25) is 0 Å². The van der Waals surface area contributed by atoms with Gasteiger partial charge >= 0.3 is 0 Å². The zero-order valence-electron chi connectivity index (χ0n) is 13.7. The fourth-order valence-corrected chi connectivity index (χ4v) is 5.72. The fraction of sp³-hybridized carbons (Fsp3) is 0.647. The molecule has 3 heterocycles. The highest BCUT2D eigenvalue weighted by Gasteiger charge is 2.21. The van der Waals surface area contributed by atoms with Gasteiger partial charge in [0.1, 0.15) is 16.2 Å². The molecule has 1 N–H and O–H groups in total. The Morgan fingerprint density at radius 2 is 2.08 bits per heavy atom. The number of fused-ring (bicyclic) bond motifs is 3. The van der Waals surface area contributed by atoms with Gasteiger partial charge in [-0.15, -0.1) is 23.1 Å². The van der Waals surface area contributed by atoms with Crippen LogP contribution in [0.1, 0.15) is 23.3 Å². The van der Waals surface area contributed by atoms with Crippen LogP contribution in [0.3, 0.4) is 0 Å². The van der Waals surface area contributed by atoms with E-state index in [0.717, 1.165) is 42.6 Å². The number of aliphatic hydroxyl groups excluding tert-OH is 1. The van der Waals surface area contributed by atoms with E-state index in [4.69, 9.17) is 4.74 Å². The summed E-state index contributed by atoms with van der Waals surface area (Å²) in [5, 5.41) is 12.7. The van der Waals surface area contributed by atoms with Crippen LogP contribution >= 0.6 is 23.1 Å². The van der Waals surface area contributed by atoms with E-state index in [1.807, 2.05) is 11.3 Å². The highest BCUT2D eigenvalue weighted by Crippen LogP contribution is 2.39. The van der Waals surface area contributed by atoms with Gasteiger partial charge in [-0.1, -0.05) is 0 Å². The lowest BCUT2D eigenvalue weighted by atomic mass is 9.97. The first-order valence-corrected chi connectivity index (χ1v) is 10.5. The second-order valence-corrected chi connectivity index (χ2v) is 8.54. The van der Waals surface area contributed by atoms with Crippen molar-refractivity contribution >= 4 is 33.3 Å². The van der Waals surface area contributed by atoms with Crippen molar-refractivity contribution in [3.8, 4) is 0 Å². The predicted molar refractivity (Wildman–Crippen MR) is 98.0 cm³/mol. The van der Waals surface area contributed by atoms with Gasteiger partial charge in [0, 0.05) is 35.7 Å². The molecule has 2 aromatic heterocycles. The van der Waals surface area contributed by atoms with Crippen molar-refractivity contribution in [3.05, 3.63) is 16.8 Å². The highest BCUT2D eigenvalue weighted by molar-refractivity contribution is 7.99. The topological polar surface area (TPSA) is 58.5 Å². The molecule has 130 valence electrons. The van der Waals surface area contributed by atoms with Crippen LogP contribution in [0, 0.1) is 0 Å². The molecule has 2 aromatic rings. The van der Waals surface area contributed by atoms with Crippen LogP contribution in [0.4, 0.5) is 0 Å². The number of β-amino-alcohol motifs (C(OH)–C–C–N with tert-alkyl or cyclic N) is 1. The lowest BCUT2D eigenvalue weighted by Crippen LogP contribution is -2.41. The van der Waals surface area contributed by atoms with Crippen molar-refractivity contribution in [2.75, 3.05) is 38.6 Å². The number of hydrogen-bond donors (Lipinski definition) is 1. The van der Waals surface area contributed by atoms with Gasteiger partial charge in [-0.3, -0.25) is 4.90 Å². The standard InChI is InChI=1S/C17H23N3O2S2/c21-12(9-20-5-7-22-8-6-20)10-23-16-15-13-3-1-2-4-14(13)24-17(15)19-11-18-16/h11-12,21H,1-10H2/t12-/m0/s1. The molecule has 0 radical (unpaired) electrons. The third-order valence-corrected chi connectivity index (χ3v) is 7.04. The van der Waals surface area contributed by atoms with Gasteiger partial charge in [0.25, 0.3) is 0 Å². The van der Waals surface area contributed by atoms with E-state index in [1.54, 1.807) is 18.1 Å². The lowest BCUT2D eigenvalue weighted by molar-refractivity contribution is 0.0188. The van der Waals surface area contributed by atoms with E-state index in [1.165, 1.54) is 35.1 Å². The minimum absolute atomic E-state index is 0.340. The zero-order valence-corrected chi connectivity index (χ0v) is 15.4. The first kappa shape index (κ1) is 16.7. The maximum absolute atomic E-state index is 10.4. The zero-order chi connectivity index (χ0) is 16.4. The molecule has 0 aromatic carbocycles. The first-order valence-electron chi connectivity index (χ1n) is 8.67. The Morgan fingerprint density at radius 3 is 2.96 bits per heavy atom. The average molecular weight is 366 g/mol. The molecule has 0 unspecified atom stereocenters. The molecule has 0 bridgehead atoms. The van der Waals surface area contributed by atoms with E-state index < -0.39 is 0 Å². The summed E-state index contributed by atoms with van der Waals surface area (Å²) in [6.07, 6.45) is 6.20. The minimum Gasteiger partial charge on any atom is -0.391 e. The molecule has 0 amide bonds. The first-order chi connectivity index (χ1) is 11.8. The summed E-state index contributed by atoms with van der Waals surface area (Å²) in [5.41, 5.74) is 1.46. The molecule has 4 rings (SSSR count). The maximum Gasteiger partial charge on any atom is 0.128 e. The number of hydrogen-bond acceptors (Lipinski definition) is 7. The predicted octanol–water partition coefficient (Wildman–Crippen LogP) is 2.36. The Labute approximate surface area is 150 Å². The third kappa shape index (κ3) is 3.60. The Bertz CT molecular complexity index is 700. The number of nitrogens with zero attached hydrogens (tertiary/aromatic N) is 3. The minimum atomic E-state index is -0.340. The normalized spacial score (nSPS) is 20.2. The number of rotatable bonds is 5. The third-order valence-electron chi connectivity index (χ3n) is 4.70. The second kappa shape index (κ2) is 7.66. The Balaban J connectivity index is 1.45. The van der Waals surface area contributed by atoms with Gasteiger partial charge in [-0.05, 0) is 31.2 Å². The number of aromatic nitrogens is 2. The molecule has 5 nitrogen and oxygen atoms in total. The van der Waals surface area contributed by atoms with Crippen molar-refractivity contribution in [1.82, 2.24) is 14.9 Å². The highest BCUT2D eigenvalue weighted by atomic mass is 32.2. The van der Waals surface area contributed by atoms with Crippen LogP contribution in [-0.4, -0.2) is 64.7 Å². The molecule has 1 saturated heterocycles. The molecule has 0 saturated carbocycles. The summed E-state index contributed by atoms with van der Waals surface area (Å²) in [6.45, 7) is 4.09. The van der Waals surface area contributed by atoms with E-state index in [0.29, 0.717) is 12.3 Å². The monoisotopic (exact) mass is 365 g/mol. The van der Waals surface area contributed by atoms with Crippen LogP contribution in [-0.2, 0) is 17.6 Å². The van der Waals surface area contributed by atoms with Crippen LogP contribution in [0.5, 0.6) is 0 Å². The summed E-state index contributed by atoms with van der Waals surface area (Å²) < 4.78 is 5.36. The molecule has 0 spiro atoms. The Morgan fingerprint density at radius 1 is 1.25 bits per heavy atom. The molecule has 2 aliphatic rings. The van der Waals surface area contributed by atoms with Gasteiger partial charge in [0.15, 0.2) is 0 Å². The summed E-state index contributed by atoms with van der Waals surface area (Å²) >= 11 is 3.50. The summed E-state index contributed by atoms with van der Waals surface area (Å²) in [5.74, 6) is 0.675. The molecule has 7 heteroatoms. The Hall–Kier alpha value is -0.730. The molecule has 1 aliphatic carbocycles. The van der Waals surface area contributed by atoms with Gasteiger partial charge in [0.05, 0.1) is 19.3 Å². The quantitative estimate of drug-likeness (QED) is 0.648. The van der Waals surface area contributed by atoms with Crippen LogP contribution in [0.15, 0.2) is 11.4 Å². The number of morpholine rings is 1. The van der Waals surface area contributed by atoms with Gasteiger partial charge in [-0.2, -0.15) is 0 Å². The van der Waals surface area contributed by atoms with E-state index in [9.17, 15) is 5.11 Å². The fourth-order valence-electron chi connectivity index (χ4n) is 3.48. The molecule has 1 atom stereocenters. The maximum atomic E-state index is 10.4. The van der Waals surface area contributed by atoms with E-state index in [-0.39, 0.29) is 6.10 Å². The smallest absolute Gasteiger partial charge is 0.128 e. The molecule has 1 fully saturated rings. The largest absolute Gasteiger partial charge is 0.391 e. The molecular weight excluding hydrogens is 342 g/mol. The van der Waals surface area contributed by atoms with Gasteiger partial charge < -0.3 is 9.84 Å². The lowest BCUT2D eigenvalue weighted by Gasteiger charge is -2.28. The molecular formula is C17H23N3O2S2. The van der Waals surface area contributed by atoms with Crippen LogP contribution in [0.2, 0.25) is 0 Å². The summed E-state index contributed by atoms with van der Waals surface area (Å²) in [7, 11) is 0. The Kier molecular flexibility index (Phi) is 5.34. The molecule has 1 aliphatic heterocycles. The van der Waals surface area contributed by atoms with Crippen molar-refractivity contribution in [2.24, 2.45) is 0 Å². The van der Waals surface area contributed by atoms with Crippen molar-refractivity contribution in [1.29, 1.82) is 0 Å². The van der Waals surface area contributed by atoms with Crippen LogP contribution < -0.4 is 0 Å². The van der Waals surface area contributed by atoms with E-state index in [2.05, 4.69) is 14.9 Å². The number of aliphatic hydroxyl groups is 1. The molecule has 24 heavy (non-hydrogen) atoms. The van der Waals surface area contributed by atoms with Crippen molar-refractivity contribution in [2.45, 2.75) is 36.8 Å². The van der Waals surface area contributed by atoms with Gasteiger partial charge in [-0.25, -0.2) is 9.97 Å². The van der Waals surface area contributed by atoms with E-state index >= 15 is 0 Å². The SMILES string of the molecule is O[C@H](CSc1ncnc2sc3c(c12)CCCC3)CN1CCOCC1. The van der Waals surface area contributed by atoms with Crippen molar-refractivity contribution < 1.29 is 9.84 Å². The van der Waals surface area contributed by atoms with Crippen LogP contribution in [0.25, 0.3) is 10.2 Å². The summed E-state index contributed by atoms with van der Waals surface area (Å²) in [6, 6.07) is 0. The number of thiophene rings is 1. The van der Waals surface area contributed by atoms with Crippen molar-refractivity contribution in [3.63, 3.8) is 0 Å². The summed E-state index contributed by atoms with van der Waals surface area (Å²) in [4.78, 5) is 13.9.